The van der Waals surface area contributed by atoms with Gasteiger partial charge < -0.3 is 10.1 Å². The van der Waals surface area contributed by atoms with Crippen LogP contribution in [0, 0.1) is 0 Å². The Labute approximate surface area is 139 Å². The van der Waals surface area contributed by atoms with E-state index in [-0.39, 0.29) is 24.2 Å². The number of hydrogen-bond donors (Lipinski definition) is 1. The number of benzene rings is 1. The maximum absolute atomic E-state index is 12.0. The van der Waals surface area contributed by atoms with Crippen molar-refractivity contribution >= 4 is 23.2 Å². The van der Waals surface area contributed by atoms with Crippen LogP contribution < -0.4 is 5.32 Å². The molecular formula is C17H20N2O3S. The van der Waals surface area contributed by atoms with E-state index in [9.17, 15) is 9.59 Å². The highest BCUT2D eigenvalue weighted by molar-refractivity contribution is 7.13. The third-order valence-corrected chi connectivity index (χ3v) is 4.31. The van der Waals surface area contributed by atoms with E-state index < -0.39 is 5.97 Å². The Morgan fingerprint density at radius 2 is 1.91 bits per heavy atom. The predicted octanol–water partition coefficient (Wildman–Crippen LogP) is 3.27. The molecular weight excluding hydrogens is 312 g/mol. The fourth-order valence-electron chi connectivity index (χ4n) is 2.05. The third-order valence-electron chi connectivity index (χ3n) is 3.42. The maximum Gasteiger partial charge on any atom is 0.358 e. The molecule has 0 unspecified atom stereocenters. The summed E-state index contributed by atoms with van der Waals surface area (Å²) in [7, 11) is 0. The van der Waals surface area contributed by atoms with Crippen LogP contribution in [-0.2, 0) is 9.53 Å². The number of carbonyl (C=O) groups excluding carboxylic acids is 2. The number of ether oxygens (including phenoxy) is 1. The summed E-state index contributed by atoms with van der Waals surface area (Å²) in [4.78, 5) is 28.0. The van der Waals surface area contributed by atoms with Crippen molar-refractivity contribution < 1.29 is 14.3 Å². The molecule has 1 heterocycles. The van der Waals surface area contributed by atoms with Crippen molar-refractivity contribution in [3.05, 3.63) is 41.4 Å². The molecule has 0 fully saturated rings. The summed E-state index contributed by atoms with van der Waals surface area (Å²) in [5.41, 5.74) is 1.17. The number of carbonyl (C=O) groups is 2. The first-order valence-electron chi connectivity index (χ1n) is 7.61. The molecule has 0 aliphatic heterocycles. The van der Waals surface area contributed by atoms with Gasteiger partial charge in [0.15, 0.2) is 12.3 Å². The maximum atomic E-state index is 12.0. The van der Waals surface area contributed by atoms with Crippen LogP contribution >= 0.6 is 11.3 Å². The van der Waals surface area contributed by atoms with Gasteiger partial charge in [0, 0.05) is 17.0 Å². The monoisotopic (exact) mass is 332 g/mol. The molecule has 23 heavy (non-hydrogen) atoms. The van der Waals surface area contributed by atoms with Crippen LogP contribution in [0.15, 0.2) is 35.7 Å². The molecule has 0 aliphatic carbocycles. The van der Waals surface area contributed by atoms with E-state index in [4.69, 9.17) is 4.74 Å². The number of nitrogens with one attached hydrogen (secondary N) is 1. The van der Waals surface area contributed by atoms with Gasteiger partial charge in [-0.05, 0) is 12.8 Å². The van der Waals surface area contributed by atoms with Gasteiger partial charge in [0.25, 0.3) is 5.91 Å². The van der Waals surface area contributed by atoms with Crippen LogP contribution in [0.25, 0.3) is 10.6 Å². The molecule has 2 aromatic rings. The summed E-state index contributed by atoms with van der Waals surface area (Å²) in [5.74, 6) is -0.867. The number of thiazole rings is 1. The zero-order chi connectivity index (χ0) is 16.7. The number of esters is 1. The van der Waals surface area contributed by atoms with Gasteiger partial charge in [-0.1, -0.05) is 44.2 Å². The molecule has 2 rings (SSSR count). The first kappa shape index (κ1) is 17.1. The van der Waals surface area contributed by atoms with Crippen molar-refractivity contribution in [2.45, 2.75) is 32.7 Å². The average molecular weight is 332 g/mol. The Balaban J connectivity index is 1.89. The first-order valence-corrected chi connectivity index (χ1v) is 8.49. The Bertz CT molecular complexity index is 651. The van der Waals surface area contributed by atoms with Crippen molar-refractivity contribution in [1.82, 2.24) is 10.3 Å². The number of rotatable bonds is 7. The molecule has 0 bridgehead atoms. The summed E-state index contributed by atoms with van der Waals surface area (Å²) < 4.78 is 5.02. The van der Waals surface area contributed by atoms with Gasteiger partial charge in [0.2, 0.25) is 0 Å². The summed E-state index contributed by atoms with van der Waals surface area (Å²) in [6.07, 6.45) is 1.70. The van der Waals surface area contributed by atoms with E-state index in [1.54, 1.807) is 5.38 Å². The Morgan fingerprint density at radius 1 is 1.22 bits per heavy atom. The molecule has 1 N–H and O–H groups in total. The van der Waals surface area contributed by atoms with Crippen molar-refractivity contribution in [3.8, 4) is 10.6 Å². The van der Waals surface area contributed by atoms with Crippen molar-refractivity contribution in [1.29, 1.82) is 0 Å². The van der Waals surface area contributed by atoms with Gasteiger partial charge in [-0.15, -0.1) is 11.3 Å². The quantitative estimate of drug-likeness (QED) is 0.790. The predicted molar refractivity (Wildman–Crippen MR) is 90.3 cm³/mol. The number of amides is 1. The lowest BCUT2D eigenvalue weighted by atomic mass is 10.2. The van der Waals surface area contributed by atoms with Crippen LogP contribution in [0.1, 0.15) is 37.2 Å². The van der Waals surface area contributed by atoms with Crippen LogP contribution in [0.3, 0.4) is 0 Å². The summed E-state index contributed by atoms with van der Waals surface area (Å²) in [5, 5.41) is 5.21. The second-order valence-electron chi connectivity index (χ2n) is 5.06. The highest BCUT2D eigenvalue weighted by Gasteiger charge is 2.15. The molecule has 1 amide bonds. The Hall–Kier alpha value is -2.21. The molecule has 0 spiro atoms. The fourth-order valence-corrected chi connectivity index (χ4v) is 2.84. The average Bonchev–Trinajstić information content (AvgIpc) is 3.08. The van der Waals surface area contributed by atoms with Gasteiger partial charge in [-0.2, -0.15) is 0 Å². The minimum absolute atomic E-state index is 0.116. The Morgan fingerprint density at radius 3 is 2.57 bits per heavy atom. The fraction of sp³-hybridized carbons (Fsp3) is 0.353. The zero-order valence-electron chi connectivity index (χ0n) is 13.2. The lowest BCUT2D eigenvalue weighted by Crippen LogP contribution is -2.36. The number of hydrogen-bond acceptors (Lipinski definition) is 5. The third kappa shape index (κ3) is 4.89. The van der Waals surface area contributed by atoms with Crippen LogP contribution in [0.4, 0.5) is 0 Å². The molecule has 6 heteroatoms. The molecule has 0 aliphatic rings. The number of aromatic nitrogens is 1. The zero-order valence-corrected chi connectivity index (χ0v) is 14.1. The van der Waals surface area contributed by atoms with E-state index in [0.29, 0.717) is 0 Å². The second kappa shape index (κ2) is 8.43. The van der Waals surface area contributed by atoms with E-state index in [1.165, 1.54) is 11.3 Å². The molecule has 1 aromatic carbocycles. The van der Waals surface area contributed by atoms with Crippen LogP contribution in [0.2, 0.25) is 0 Å². The second-order valence-corrected chi connectivity index (χ2v) is 5.92. The normalized spacial score (nSPS) is 10.6. The van der Waals surface area contributed by atoms with E-state index in [1.807, 2.05) is 44.2 Å². The van der Waals surface area contributed by atoms with Crippen molar-refractivity contribution in [2.75, 3.05) is 6.61 Å². The van der Waals surface area contributed by atoms with Crippen molar-refractivity contribution in [3.63, 3.8) is 0 Å². The molecule has 1 aromatic heterocycles. The molecule has 0 saturated carbocycles. The summed E-state index contributed by atoms with van der Waals surface area (Å²) >= 11 is 1.37. The molecule has 0 saturated heterocycles. The summed E-state index contributed by atoms with van der Waals surface area (Å²) in [6.45, 7) is 3.72. The molecule has 122 valence electrons. The standard InChI is InChI=1S/C17H20N2O3S/c1-3-13(4-2)18-15(20)10-22-17(21)14-11-23-16(19-14)12-8-6-5-7-9-12/h5-9,11,13H,3-4,10H2,1-2H3,(H,18,20). The minimum atomic E-state index is -0.580. The number of nitrogens with zero attached hydrogens (tertiary/aromatic N) is 1. The topological polar surface area (TPSA) is 68.3 Å². The molecule has 0 atom stereocenters. The van der Waals surface area contributed by atoms with Crippen molar-refractivity contribution in [2.24, 2.45) is 0 Å². The summed E-state index contributed by atoms with van der Waals surface area (Å²) in [6, 6.07) is 9.72. The minimum Gasteiger partial charge on any atom is -0.451 e. The molecule has 5 nitrogen and oxygen atoms in total. The van der Waals surface area contributed by atoms with Gasteiger partial charge in [-0.25, -0.2) is 9.78 Å². The lowest BCUT2D eigenvalue weighted by Gasteiger charge is -2.14. The smallest absolute Gasteiger partial charge is 0.358 e. The largest absolute Gasteiger partial charge is 0.451 e. The van der Waals surface area contributed by atoms with Gasteiger partial charge in [0.05, 0.1) is 0 Å². The SMILES string of the molecule is CCC(CC)NC(=O)COC(=O)c1csc(-c2ccccc2)n1. The lowest BCUT2D eigenvalue weighted by molar-refractivity contribution is -0.125. The van der Waals surface area contributed by atoms with Gasteiger partial charge in [-0.3, -0.25) is 4.79 Å². The van der Waals surface area contributed by atoms with E-state index in [0.717, 1.165) is 23.4 Å². The van der Waals surface area contributed by atoms with Gasteiger partial charge >= 0.3 is 5.97 Å². The molecule has 0 radical (unpaired) electrons. The van der Waals surface area contributed by atoms with Crippen LogP contribution in [-0.4, -0.2) is 29.5 Å². The van der Waals surface area contributed by atoms with E-state index >= 15 is 0 Å². The van der Waals surface area contributed by atoms with Crippen LogP contribution in [0.5, 0.6) is 0 Å². The van der Waals surface area contributed by atoms with E-state index in [2.05, 4.69) is 10.3 Å². The first-order chi connectivity index (χ1) is 11.1. The highest BCUT2D eigenvalue weighted by Crippen LogP contribution is 2.23. The Kier molecular flexibility index (Phi) is 6.29. The van der Waals surface area contributed by atoms with Gasteiger partial charge in [0.1, 0.15) is 5.01 Å². The highest BCUT2D eigenvalue weighted by atomic mass is 32.1.